The zero-order valence-electron chi connectivity index (χ0n) is 37.0. The molecule has 0 aliphatic carbocycles. The fourth-order valence-electron chi connectivity index (χ4n) is 10.2. The molecule has 0 N–H and O–H groups in total. The highest BCUT2D eigenvalue weighted by Crippen LogP contribution is 2.45. The van der Waals surface area contributed by atoms with Crippen LogP contribution >= 0.6 is 0 Å². The van der Waals surface area contributed by atoms with Gasteiger partial charge in [0.25, 0.3) is 0 Å². The van der Waals surface area contributed by atoms with E-state index in [0.717, 1.165) is 99.5 Å². The Hall–Kier alpha value is -9.39. The van der Waals surface area contributed by atoms with E-state index < -0.39 is 0 Å². The third kappa shape index (κ3) is 6.38. The first-order valence-corrected chi connectivity index (χ1v) is 23.2. The van der Waals surface area contributed by atoms with E-state index in [1.165, 1.54) is 21.9 Å². The number of hydrogen-bond donors (Lipinski definition) is 0. The summed E-state index contributed by atoms with van der Waals surface area (Å²) in [6.45, 7) is 0. The van der Waals surface area contributed by atoms with Crippen molar-refractivity contribution in [1.29, 1.82) is 0 Å². The maximum atomic E-state index is 6.62. The first-order chi connectivity index (χ1) is 34.2. The van der Waals surface area contributed by atoms with Gasteiger partial charge in [0.2, 0.25) is 0 Å². The molecular formula is C63H38N4O2. The van der Waals surface area contributed by atoms with Gasteiger partial charge in [-0.05, 0) is 89.0 Å². The number of benzene rings is 10. The number of para-hydroxylation sites is 4. The second-order valence-electron chi connectivity index (χ2n) is 17.5. The molecule has 69 heavy (non-hydrogen) atoms. The normalized spacial score (nSPS) is 11.8. The van der Waals surface area contributed by atoms with E-state index in [9.17, 15) is 0 Å². The Morgan fingerprint density at radius 2 is 0.783 bits per heavy atom. The van der Waals surface area contributed by atoms with Crippen molar-refractivity contribution in [2.45, 2.75) is 0 Å². The minimum atomic E-state index is 0.514. The molecule has 14 aromatic rings. The van der Waals surface area contributed by atoms with E-state index in [0.29, 0.717) is 17.5 Å². The molecule has 0 bridgehead atoms. The van der Waals surface area contributed by atoms with Crippen molar-refractivity contribution in [1.82, 2.24) is 19.5 Å². The lowest BCUT2D eigenvalue weighted by atomic mass is 9.92. The van der Waals surface area contributed by atoms with Gasteiger partial charge in [0.15, 0.2) is 17.5 Å². The monoisotopic (exact) mass is 882 g/mol. The molecule has 0 amide bonds. The van der Waals surface area contributed by atoms with Crippen molar-refractivity contribution in [3.8, 4) is 73.2 Å². The molecule has 4 aromatic heterocycles. The van der Waals surface area contributed by atoms with Crippen molar-refractivity contribution in [2.24, 2.45) is 0 Å². The lowest BCUT2D eigenvalue weighted by Crippen LogP contribution is -2.04. The van der Waals surface area contributed by atoms with Crippen molar-refractivity contribution < 1.29 is 8.83 Å². The Kier molecular flexibility index (Phi) is 8.79. The molecule has 0 aliphatic rings. The molecule has 0 saturated heterocycles. The topological polar surface area (TPSA) is 69.9 Å². The highest BCUT2D eigenvalue weighted by Gasteiger charge is 2.24. The number of rotatable bonds is 7. The van der Waals surface area contributed by atoms with Crippen LogP contribution in [0.25, 0.3) is 139 Å². The molecule has 0 aliphatic heterocycles. The fourth-order valence-corrected chi connectivity index (χ4v) is 10.2. The summed E-state index contributed by atoms with van der Waals surface area (Å²) in [6, 6.07) is 80.7. The lowest BCUT2D eigenvalue weighted by Gasteiger charge is -2.21. The summed E-state index contributed by atoms with van der Waals surface area (Å²) in [7, 11) is 0. The molecular weight excluding hydrogens is 845 g/mol. The van der Waals surface area contributed by atoms with Crippen LogP contribution in [0.3, 0.4) is 0 Å². The molecule has 0 atom stereocenters. The number of furan rings is 2. The SMILES string of the molecule is c1ccc(-c2ccc3c(c2)c2ccccc2n3-c2c(-c3ccccc3)cc(-c3nc(-c4ccc5oc6ccccc6c5c4)nc(-c4cccc5c4oc4ccccc45)n3)cc2-c2ccccc2)cc1. The molecule has 0 radical (unpaired) electrons. The van der Waals surface area contributed by atoms with Crippen LogP contribution in [-0.4, -0.2) is 19.5 Å². The summed E-state index contributed by atoms with van der Waals surface area (Å²) >= 11 is 0. The van der Waals surface area contributed by atoms with Gasteiger partial charge in [-0.2, -0.15) is 0 Å². The smallest absolute Gasteiger partial charge is 0.167 e. The summed E-state index contributed by atoms with van der Waals surface area (Å²) in [5, 5.41) is 6.44. The van der Waals surface area contributed by atoms with Crippen molar-refractivity contribution >= 4 is 65.7 Å². The van der Waals surface area contributed by atoms with Gasteiger partial charge in [-0.3, -0.25) is 0 Å². The predicted molar refractivity (Wildman–Crippen MR) is 281 cm³/mol. The van der Waals surface area contributed by atoms with Crippen molar-refractivity contribution in [3.05, 3.63) is 231 Å². The second kappa shape index (κ2) is 15.6. The molecule has 0 saturated carbocycles. The molecule has 4 heterocycles. The second-order valence-corrected chi connectivity index (χ2v) is 17.5. The van der Waals surface area contributed by atoms with Gasteiger partial charge in [-0.25, -0.2) is 15.0 Å². The molecule has 322 valence electrons. The average molecular weight is 883 g/mol. The molecule has 6 heteroatoms. The molecule has 10 aromatic carbocycles. The maximum absolute atomic E-state index is 6.62. The molecule has 6 nitrogen and oxygen atoms in total. The highest BCUT2D eigenvalue weighted by molar-refractivity contribution is 6.13. The van der Waals surface area contributed by atoms with Crippen LogP contribution in [0.1, 0.15) is 0 Å². The number of hydrogen-bond acceptors (Lipinski definition) is 5. The van der Waals surface area contributed by atoms with Crippen LogP contribution in [0.5, 0.6) is 0 Å². The van der Waals surface area contributed by atoms with Crippen LogP contribution in [0.2, 0.25) is 0 Å². The number of aromatic nitrogens is 4. The van der Waals surface area contributed by atoms with Gasteiger partial charge in [0.1, 0.15) is 22.3 Å². The summed E-state index contributed by atoms with van der Waals surface area (Å²) in [5.41, 5.74) is 15.5. The summed E-state index contributed by atoms with van der Waals surface area (Å²) < 4.78 is 15.3. The first-order valence-electron chi connectivity index (χ1n) is 23.2. The standard InChI is InChI=1S/C63H38N4O2/c1-4-17-39(18-5-1)42-31-33-55-52(35-42)45-23-10-13-28-54(45)67(55)59-50(40-19-6-2-7-20-40)37-44(38-51(59)41-21-8-3-9-22-41)62-64-61(43-32-34-58-53(36-43)47-25-12-14-29-56(47)68-58)65-63(66-62)49-27-16-26-48-46-24-11-15-30-57(46)69-60(48)49/h1-38H. The Morgan fingerprint density at radius 3 is 1.49 bits per heavy atom. The van der Waals surface area contributed by atoms with Gasteiger partial charge in [0.05, 0.1) is 22.3 Å². The molecule has 0 unspecified atom stereocenters. The van der Waals surface area contributed by atoms with E-state index in [1.807, 2.05) is 54.6 Å². The summed E-state index contributed by atoms with van der Waals surface area (Å²) in [6.07, 6.45) is 0. The third-order valence-electron chi connectivity index (χ3n) is 13.5. The predicted octanol–water partition coefficient (Wildman–Crippen LogP) is 16.8. The van der Waals surface area contributed by atoms with Gasteiger partial charge in [-0.15, -0.1) is 0 Å². The van der Waals surface area contributed by atoms with Crippen LogP contribution in [-0.2, 0) is 0 Å². The van der Waals surface area contributed by atoms with Crippen LogP contribution in [0, 0.1) is 0 Å². The summed E-state index contributed by atoms with van der Waals surface area (Å²) in [4.78, 5) is 16.1. The summed E-state index contributed by atoms with van der Waals surface area (Å²) in [5.74, 6) is 1.59. The Labute approximate surface area is 396 Å². The van der Waals surface area contributed by atoms with Crippen LogP contribution < -0.4 is 0 Å². The highest BCUT2D eigenvalue weighted by atomic mass is 16.3. The van der Waals surface area contributed by atoms with Gasteiger partial charge in [0, 0.05) is 54.6 Å². The minimum Gasteiger partial charge on any atom is -0.456 e. The first kappa shape index (κ1) is 38.8. The van der Waals surface area contributed by atoms with Crippen LogP contribution in [0.15, 0.2) is 239 Å². The Morgan fingerprint density at radius 1 is 0.275 bits per heavy atom. The maximum Gasteiger partial charge on any atom is 0.167 e. The Bertz CT molecular complexity index is 4240. The Balaban J connectivity index is 1.06. The zero-order chi connectivity index (χ0) is 45.4. The molecule has 14 rings (SSSR count). The molecule has 0 fully saturated rings. The van der Waals surface area contributed by atoms with E-state index in [1.54, 1.807) is 0 Å². The van der Waals surface area contributed by atoms with Crippen LogP contribution in [0.4, 0.5) is 0 Å². The fraction of sp³-hybridized carbons (Fsp3) is 0. The van der Waals surface area contributed by atoms with Gasteiger partial charge < -0.3 is 13.4 Å². The lowest BCUT2D eigenvalue weighted by molar-refractivity contribution is 0.669. The minimum absolute atomic E-state index is 0.514. The van der Waals surface area contributed by atoms with Gasteiger partial charge in [-0.1, -0.05) is 164 Å². The third-order valence-corrected chi connectivity index (χ3v) is 13.5. The molecule has 0 spiro atoms. The largest absolute Gasteiger partial charge is 0.456 e. The van der Waals surface area contributed by atoms with E-state index in [2.05, 4.69) is 180 Å². The van der Waals surface area contributed by atoms with Gasteiger partial charge >= 0.3 is 0 Å². The average Bonchev–Trinajstić information content (AvgIpc) is 4.10. The zero-order valence-corrected chi connectivity index (χ0v) is 37.0. The quantitative estimate of drug-likeness (QED) is 0.159. The van der Waals surface area contributed by atoms with E-state index in [4.69, 9.17) is 23.8 Å². The van der Waals surface area contributed by atoms with E-state index >= 15 is 0 Å². The number of nitrogens with zero attached hydrogens (tertiary/aromatic N) is 4. The number of fused-ring (bicyclic) bond motifs is 9. The van der Waals surface area contributed by atoms with Crippen molar-refractivity contribution in [3.63, 3.8) is 0 Å². The van der Waals surface area contributed by atoms with Crippen molar-refractivity contribution in [2.75, 3.05) is 0 Å². The van der Waals surface area contributed by atoms with E-state index in [-0.39, 0.29) is 0 Å².